The second-order valence-electron chi connectivity index (χ2n) is 5.21. The summed E-state index contributed by atoms with van der Waals surface area (Å²) in [6.45, 7) is 4.22. The Balaban J connectivity index is 0.000000463. The molecule has 1 atom stereocenters. The molecule has 2 aromatic carbocycles. The first-order chi connectivity index (χ1) is 10.2. The number of hydrogen-bond acceptors (Lipinski definition) is 1. The van der Waals surface area contributed by atoms with Crippen LogP contribution in [0, 0.1) is 6.08 Å². The fourth-order valence-corrected chi connectivity index (χ4v) is 3.74. The van der Waals surface area contributed by atoms with Crippen LogP contribution in [0.2, 0.25) is 0 Å². The van der Waals surface area contributed by atoms with Crippen LogP contribution in [0.5, 0.6) is 0 Å². The molecule has 0 radical (unpaired) electrons. The number of allylic oxidation sites excluding steroid dienone is 4. The largest absolute Gasteiger partial charge is 4.00 e. The topological polar surface area (TPSA) is 12.9 Å². The fourth-order valence-electron chi connectivity index (χ4n) is 2.34. The van der Waals surface area contributed by atoms with Crippen molar-refractivity contribution in [1.82, 2.24) is 4.98 Å². The molecule has 0 saturated heterocycles. The molecule has 0 N–H and O–H groups in total. The number of halogens is 2. The summed E-state index contributed by atoms with van der Waals surface area (Å²) in [7, 11) is -0.259. The van der Waals surface area contributed by atoms with E-state index in [0.717, 1.165) is 6.42 Å². The summed E-state index contributed by atoms with van der Waals surface area (Å²) in [4.78, 5) is 4.13. The molecule has 1 aliphatic rings. The monoisotopic (exact) mass is 409 g/mol. The molecule has 0 amide bonds. The van der Waals surface area contributed by atoms with Gasteiger partial charge in [0, 0.05) is 12.1 Å². The summed E-state index contributed by atoms with van der Waals surface area (Å²) in [5.74, 6) is 4.23. The molecule has 1 aromatic heterocycles. The summed E-state index contributed by atoms with van der Waals surface area (Å²) in [5, 5.41) is 4.07. The zero-order chi connectivity index (χ0) is 14.7. The van der Waals surface area contributed by atoms with Crippen molar-refractivity contribution in [2.45, 2.75) is 20.3 Å². The smallest absolute Gasteiger partial charge is 1.00 e. The first kappa shape index (κ1) is 23.3. The molecule has 0 aliphatic heterocycles. The average molecular weight is 410 g/mol. The van der Waals surface area contributed by atoms with Gasteiger partial charge in [-0.1, -0.05) is 25.8 Å². The molecule has 24 heavy (non-hydrogen) atoms. The number of nitrogens with zero attached hydrogens (tertiary/aromatic N) is 1. The van der Waals surface area contributed by atoms with Crippen LogP contribution in [0.1, 0.15) is 20.3 Å². The molecule has 5 heteroatoms. The van der Waals surface area contributed by atoms with Gasteiger partial charge in [0.1, 0.15) is 0 Å². The number of fused-ring (bicyclic) bond motifs is 1. The Kier molecular flexibility index (Phi) is 10.7. The first-order valence-corrected chi connectivity index (χ1v) is 8.60. The molecule has 122 valence electrons. The van der Waals surface area contributed by atoms with Gasteiger partial charge in [0.25, 0.3) is 0 Å². The molecular formula is C19H18Cl2NPTi. The molecule has 1 unspecified atom stereocenters. The second kappa shape index (κ2) is 11.0. The average Bonchev–Trinajstić information content (AvgIpc) is 3.21. The molecule has 0 fully saturated rings. The minimum atomic E-state index is -0.259. The van der Waals surface area contributed by atoms with Gasteiger partial charge in [-0.15, -0.1) is 48.4 Å². The van der Waals surface area contributed by atoms with Crippen molar-refractivity contribution in [3.63, 3.8) is 0 Å². The Morgan fingerprint density at radius 3 is 2.42 bits per heavy atom. The summed E-state index contributed by atoms with van der Waals surface area (Å²) in [6, 6.07) is 13.0. The maximum absolute atomic E-state index is 4.13. The van der Waals surface area contributed by atoms with E-state index in [4.69, 9.17) is 0 Å². The molecule has 4 rings (SSSR count). The van der Waals surface area contributed by atoms with Gasteiger partial charge in [0.05, 0.1) is 0 Å². The first-order valence-electron chi connectivity index (χ1n) is 7.12. The molecule has 1 aliphatic carbocycles. The van der Waals surface area contributed by atoms with Crippen molar-refractivity contribution in [3.05, 3.63) is 77.6 Å². The number of aromatic nitrogens is 1. The Morgan fingerprint density at radius 1 is 1.17 bits per heavy atom. The van der Waals surface area contributed by atoms with E-state index in [1.54, 1.807) is 0 Å². The molecule has 3 aromatic rings. The number of hydrogen-bond donors (Lipinski definition) is 0. The normalized spacial score (nSPS) is 12.7. The standard InChI is InChI=1S/C12H9NP.C7H9.2ClH.Ti/c1-2-4-11-8-12(7-10(11)3-1)14-6-5-13-9-14;1-6-4-3-5-7(6)2;;;/h1-9H;4H,3H2,1-2H3;2*1H;/q2*-1;;;+4/p-2. The van der Waals surface area contributed by atoms with E-state index in [0.29, 0.717) is 0 Å². The van der Waals surface area contributed by atoms with Gasteiger partial charge in [0.15, 0.2) is 0 Å². The molecule has 1 heterocycles. The van der Waals surface area contributed by atoms with Crippen molar-refractivity contribution in [2.24, 2.45) is 0 Å². The van der Waals surface area contributed by atoms with Crippen molar-refractivity contribution in [3.8, 4) is 5.30 Å². The zero-order valence-corrected chi connectivity index (χ0v) is 17.6. The van der Waals surface area contributed by atoms with Crippen LogP contribution in [0.3, 0.4) is 0 Å². The summed E-state index contributed by atoms with van der Waals surface area (Å²) >= 11 is 0. The minimum Gasteiger partial charge on any atom is -1.00 e. The molecular weight excluding hydrogens is 392 g/mol. The van der Waals surface area contributed by atoms with Gasteiger partial charge in [-0.25, -0.2) is 11.1 Å². The van der Waals surface area contributed by atoms with Gasteiger partial charge < -0.3 is 24.8 Å². The zero-order valence-electron chi connectivity index (χ0n) is 13.6. The Bertz CT molecular complexity index is 755. The minimum absolute atomic E-state index is 0. The summed E-state index contributed by atoms with van der Waals surface area (Å²) in [5.41, 5.74) is 2.71. The van der Waals surface area contributed by atoms with Gasteiger partial charge in [-0.05, 0) is 5.80 Å². The SMILES string of the molecule is CC1=[C-]CC=C1C.[Cl-].[Cl-].[Ti+4].c1ccc2[cH-]c(-p3ccnc3)cc2c1. The number of rotatable bonds is 1. The van der Waals surface area contributed by atoms with Crippen LogP contribution >= 0.6 is 7.53 Å². The molecule has 0 spiro atoms. The third-order valence-electron chi connectivity index (χ3n) is 3.77. The van der Waals surface area contributed by atoms with E-state index >= 15 is 0 Å². The third-order valence-corrected chi connectivity index (χ3v) is 5.46. The van der Waals surface area contributed by atoms with Crippen molar-refractivity contribution in [1.29, 1.82) is 0 Å². The van der Waals surface area contributed by atoms with Crippen LogP contribution in [0.4, 0.5) is 0 Å². The summed E-state index contributed by atoms with van der Waals surface area (Å²) < 4.78 is 0. The van der Waals surface area contributed by atoms with Gasteiger partial charge in [-0.3, -0.25) is 11.1 Å². The Hall–Kier alpha value is -0.686. The molecule has 0 bridgehead atoms. The molecule has 0 saturated carbocycles. The van der Waals surface area contributed by atoms with E-state index in [1.807, 2.05) is 12.1 Å². The maximum atomic E-state index is 4.13. The van der Waals surface area contributed by atoms with E-state index in [1.165, 1.54) is 27.2 Å². The van der Waals surface area contributed by atoms with Crippen LogP contribution in [0.25, 0.3) is 16.1 Å². The maximum Gasteiger partial charge on any atom is 4.00 e. The third kappa shape index (κ3) is 5.69. The van der Waals surface area contributed by atoms with E-state index < -0.39 is 0 Å². The fraction of sp³-hybridized carbons (Fsp3) is 0.158. The quantitative estimate of drug-likeness (QED) is 0.408. The van der Waals surface area contributed by atoms with Crippen LogP contribution in [0.15, 0.2) is 71.5 Å². The van der Waals surface area contributed by atoms with E-state index in [2.05, 4.69) is 73.2 Å². The van der Waals surface area contributed by atoms with Gasteiger partial charge in [0.2, 0.25) is 0 Å². The molecule has 1 nitrogen and oxygen atoms in total. The number of benzene rings is 1. The van der Waals surface area contributed by atoms with E-state index in [-0.39, 0.29) is 54.1 Å². The Morgan fingerprint density at radius 2 is 1.92 bits per heavy atom. The van der Waals surface area contributed by atoms with Crippen molar-refractivity contribution >= 4 is 18.3 Å². The predicted molar refractivity (Wildman–Crippen MR) is 92.2 cm³/mol. The van der Waals surface area contributed by atoms with Gasteiger partial charge in [-0.2, -0.15) is 12.1 Å². The van der Waals surface area contributed by atoms with Crippen molar-refractivity contribution < 1.29 is 46.5 Å². The van der Waals surface area contributed by atoms with Gasteiger partial charge >= 0.3 is 21.7 Å². The summed E-state index contributed by atoms with van der Waals surface area (Å²) in [6.07, 6.45) is 8.30. The second-order valence-corrected chi connectivity index (χ2v) is 7.07. The van der Waals surface area contributed by atoms with E-state index in [9.17, 15) is 0 Å². The van der Waals surface area contributed by atoms with Crippen molar-refractivity contribution in [2.75, 3.05) is 0 Å². The van der Waals surface area contributed by atoms with Crippen LogP contribution in [-0.2, 0) is 21.7 Å². The van der Waals surface area contributed by atoms with Crippen LogP contribution < -0.4 is 24.8 Å². The van der Waals surface area contributed by atoms with Crippen LogP contribution in [-0.4, -0.2) is 4.98 Å². The Labute approximate surface area is 172 Å². The predicted octanol–water partition coefficient (Wildman–Crippen LogP) is 0.0209.